The second-order valence-corrected chi connectivity index (χ2v) is 9.99. The molecule has 26 heavy (non-hydrogen) atoms. The van der Waals surface area contributed by atoms with E-state index in [1.54, 1.807) is 7.11 Å². The number of aliphatic hydroxyl groups is 1. The summed E-state index contributed by atoms with van der Waals surface area (Å²) in [5, 5.41) is 13.3. The van der Waals surface area contributed by atoms with E-state index in [0.717, 1.165) is 6.42 Å². The van der Waals surface area contributed by atoms with Crippen LogP contribution >= 0.6 is 0 Å². The lowest BCUT2D eigenvalue weighted by molar-refractivity contribution is -0.129. The van der Waals surface area contributed by atoms with Crippen LogP contribution in [0.25, 0.3) is 0 Å². The Morgan fingerprint density at radius 1 is 1.19 bits per heavy atom. The van der Waals surface area contributed by atoms with Crippen LogP contribution in [0.5, 0.6) is 0 Å². The summed E-state index contributed by atoms with van der Waals surface area (Å²) in [5.41, 5.74) is -0.626. The van der Waals surface area contributed by atoms with Gasteiger partial charge in [0.15, 0.2) is 5.78 Å². The summed E-state index contributed by atoms with van der Waals surface area (Å²) in [6, 6.07) is -0.344. The van der Waals surface area contributed by atoms with Gasteiger partial charge in [-0.15, -0.1) is 0 Å². The Labute approximate surface area is 161 Å². The first-order valence-corrected chi connectivity index (χ1v) is 10.8. The summed E-state index contributed by atoms with van der Waals surface area (Å²) in [6.45, 7) is 12.9. The van der Waals surface area contributed by atoms with Gasteiger partial charge in [0.1, 0.15) is 0 Å². The topological polar surface area (TPSA) is 84.9 Å². The van der Waals surface area contributed by atoms with Gasteiger partial charge in [0.05, 0.1) is 37.7 Å². The second-order valence-electron chi connectivity index (χ2n) is 8.37. The van der Waals surface area contributed by atoms with Crippen molar-refractivity contribution in [2.75, 3.05) is 38.4 Å². The van der Waals surface area contributed by atoms with Crippen LogP contribution in [0, 0.1) is 5.41 Å². The van der Waals surface area contributed by atoms with Gasteiger partial charge in [0.2, 0.25) is 0 Å². The number of carbonyl (C=O) groups is 1. The van der Waals surface area contributed by atoms with E-state index in [-0.39, 0.29) is 29.7 Å². The zero-order valence-corrected chi connectivity index (χ0v) is 18.4. The molecule has 0 aliphatic heterocycles. The summed E-state index contributed by atoms with van der Waals surface area (Å²) in [6.07, 6.45) is 0.606. The maximum atomic E-state index is 12.8. The Morgan fingerprint density at radius 3 is 2.31 bits per heavy atom. The molecule has 156 valence electrons. The third-order valence-corrected chi connectivity index (χ3v) is 5.71. The zero-order valence-electron chi connectivity index (χ0n) is 17.6. The molecule has 0 heterocycles. The molecule has 0 aromatic heterocycles. The largest absolute Gasteiger partial charge is 0.390 e. The van der Waals surface area contributed by atoms with E-state index in [9.17, 15) is 14.1 Å². The number of ether oxygens (including phenoxy) is 2. The fraction of sp³-hybridized carbons (Fsp3) is 0.947. The number of nitrogens with one attached hydrogen (secondary N) is 1. The molecule has 0 aliphatic carbocycles. The van der Waals surface area contributed by atoms with Crippen LogP contribution < -0.4 is 5.32 Å². The van der Waals surface area contributed by atoms with Crippen molar-refractivity contribution in [1.29, 1.82) is 0 Å². The van der Waals surface area contributed by atoms with Crippen molar-refractivity contribution in [3.63, 3.8) is 0 Å². The first-order valence-electron chi connectivity index (χ1n) is 9.34. The molecule has 0 bridgehead atoms. The van der Waals surface area contributed by atoms with Gasteiger partial charge in [0, 0.05) is 34.6 Å². The van der Waals surface area contributed by atoms with Crippen molar-refractivity contribution in [1.82, 2.24) is 5.32 Å². The minimum atomic E-state index is -1.21. The van der Waals surface area contributed by atoms with E-state index in [0.29, 0.717) is 25.4 Å². The van der Waals surface area contributed by atoms with Crippen LogP contribution in [0.2, 0.25) is 0 Å². The van der Waals surface area contributed by atoms with E-state index in [1.807, 2.05) is 20.8 Å². The van der Waals surface area contributed by atoms with Gasteiger partial charge in [-0.3, -0.25) is 9.00 Å². The van der Waals surface area contributed by atoms with Crippen LogP contribution in [0.4, 0.5) is 0 Å². The van der Waals surface area contributed by atoms with Crippen LogP contribution in [0.3, 0.4) is 0 Å². The Hall–Kier alpha value is -0.340. The molecular weight excluding hydrogens is 354 g/mol. The molecule has 0 amide bonds. The lowest BCUT2D eigenvalue weighted by atomic mass is 9.84. The normalized spacial score (nSPS) is 16.3. The minimum absolute atomic E-state index is 0.125. The van der Waals surface area contributed by atoms with E-state index in [4.69, 9.17) is 9.47 Å². The number of ketones is 1. The van der Waals surface area contributed by atoms with Gasteiger partial charge < -0.3 is 19.9 Å². The molecule has 0 radical (unpaired) electrons. The molecule has 0 fully saturated rings. The van der Waals surface area contributed by atoms with E-state index in [2.05, 4.69) is 26.1 Å². The SMILES string of the molecule is CCC(C)(C)N[C@@H](CCS(=O)CC(O)COCCOC)C(=O)C(C)(C)C. The smallest absolute Gasteiger partial charge is 0.155 e. The fourth-order valence-corrected chi connectivity index (χ4v) is 3.51. The number of Topliss-reactive ketones (excluding diaryl/α,β-unsaturated/α-hetero) is 1. The Kier molecular flexibility index (Phi) is 12.0. The molecule has 0 aromatic carbocycles. The molecular formula is C19H39NO5S. The van der Waals surface area contributed by atoms with E-state index in [1.165, 1.54) is 0 Å². The molecule has 6 nitrogen and oxygen atoms in total. The summed E-state index contributed by atoms with van der Waals surface area (Å²) < 4.78 is 22.4. The van der Waals surface area contributed by atoms with Crippen LogP contribution in [-0.2, 0) is 25.1 Å². The van der Waals surface area contributed by atoms with E-state index < -0.39 is 22.3 Å². The molecule has 2 N–H and O–H groups in total. The van der Waals surface area contributed by atoms with Crippen molar-refractivity contribution in [3.05, 3.63) is 0 Å². The van der Waals surface area contributed by atoms with Crippen molar-refractivity contribution >= 4 is 16.6 Å². The molecule has 7 heteroatoms. The summed E-state index contributed by atoms with van der Waals surface area (Å²) in [5.74, 6) is 0.647. The predicted molar refractivity (Wildman–Crippen MR) is 107 cm³/mol. The van der Waals surface area contributed by atoms with Crippen molar-refractivity contribution in [3.8, 4) is 0 Å². The maximum absolute atomic E-state index is 12.8. The second kappa shape index (κ2) is 12.2. The van der Waals surface area contributed by atoms with Gasteiger partial charge in [0.25, 0.3) is 0 Å². The first-order chi connectivity index (χ1) is 11.9. The molecule has 2 unspecified atom stereocenters. The average molecular weight is 394 g/mol. The lowest BCUT2D eigenvalue weighted by Gasteiger charge is -2.33. The lowest BCUT2D eigenvalue weighted by Crippen LogP contribution is -2.52. The molecule has 0 saturated carbocycles. The average Bonchev–Trinajstić information content (AvgIpc) is 2.54. The molecule has 0 aromatic rings. The molecule has 0 spiro atoms. The standard InChI is InChI=1S/C19H39NO5S/c1-8-19(5,6)20-16(17(22)18(2,3)4)9-12-26(23)14-15(21)13-25-11-10-24-7/h15-16,20-21H,8-14H2,1-7H3/t15?,16-,26?/m0/s1. The third-order valence-electron chi connectivity index (χ3n) is 4.26. The quantitative estimate of drug-likeness (QED) is 0.439. The van der Waals surface area contributed by atoms with Crippen molar-refractivity contribution in [2.24, 2.45) is 5.41 Å². The Morgan fingerprint density at radius 2 is 1.81 bits per heavy atom. The number of hydrogen-bond acceptors (Lipinski definition) is 6. The number of aliphatic hydroxyl groups excluding tert-OH is 1. The van der Waals surface area contributed by atoms with Gasteiger partial charge in [-0.05, 0) is 26.7 Å². The molecule has 0 aliphatic rings. The van der Waals surface area contributed by atoms with Gasteiger partial charge >= 0.3 is 0 Å². The van der Waals surface area contributed by atoms with Gasteiger partial charge in [-0.1, -0.05) is 27.7 Å². The highest BCUT2D eigenvalue weighted by molar-refractivity contribution is 7.85. The summed E-state index contributed by atoms with van der Waals surface area (Å²) >= 11 is 0. The summed E-state index contributed by atoms with van der Waals surface area (Å²) in [7, 11) is 0.376. The van der Waals surface area contributed by atoms with Crippen LogP contribution in [-0.4, -0.2) is 71.2 Å². The minimum Gasteiger partial charge on any atom is -0.390 e. The number of carbonyl (C=O) groups excluding carboxylic acids is 1. The van der Waals surface area contributed by atoms with Crippen LogP contribution in [0.1, 0.15) is 54.4 Å². The first kappa shape index (κ1) is 25.7. The third kappa shape index (κ3) is 11.4. The highest BCUT2D eigenvalue weighted by Gasteiger charge is 2.32. The van der Waals surface area contributed by atoms with Crippen LogP contribution in [0.15, 0.2) is 0 Å². The zero-order chi connectivity index (χ0) is 20.4. The Bertz CT molecular complexity index is 434. The van der Waals surface area contributed by atoms with E-state index >= 15 is 0 Å². The van der Waals surface area contributed by atoms with Crippen molar-refractivity contribution in [2.45, 2.75) is 72.1 Å². The predicted octanol–water partition coefficient (Wildman–Crippen LogP) is 1.91. The summed E-state index contributed by atoms with van der Waals surface area (Å²) in [4.78, 5) is 12.8. The number of hydrogen-bond donors (Lipinski definition) is 2. The van der Waals surface area contributed by atoms with Gasteiger partial charge in [-0.2, -0.15) is 0 Å². The monoisotopic (exact) mass is 393 g/mol. The number of rotatable bonds is 14. The Balaban J connectivity index is 4.58. The highest BCUT2D eigenvalue weighted by atomic mass is 32.2. The molecule has 0 saturated heterocycles. The maximum Gasteiger partial charge on any atom is 0.155 e. The fourth-order valence-electron chi connectivity index (χ4n) is 2.32. The molecule has 0 rings (SSSR count). The number of methoxy groups -OCH3 is 1. The molecule has 3 atom stereocenters. The van der Waals surface area contributed by atoms with Gasteiger partial charge in [-0.25, -0.2) is 0 Å². The highest BCUT2D eigenvalue weighted by Crippen LogP contribution is 2.21. The van der Waals surface area contributed by atoms with Crippen molar-refractivity contribution < 1.29 is 23.6 Å².